The molecule has 0 aliphatic carbocycles. The highest BCUT2D eigenvalue weighted by Gasteiger charge is 2.48. The van der Waals surface area contributed by atoms with Gasteiger partial charge in [-0.2, -0.15) is 18.4 Å². The molecule has 0 bridgehead atoms. The number of piperazine rings is 1. The average Bonchev–Trinajstić information content (AvgIpc) is 3.45. The van der Waals surface area contributed by atoms with Crippen LogP contribution in [0.15, 0.2) is 94.6 Å². The minimum Gasteiger partial charge on any atom is -0.339 e. The van der Waals surface area contributed by atoms with Crippen molar-refractivity contribution in [3.63, 3.8) is 0 Å². The number of carbonyl (C=O) groups excluding carboxylic acids is 2. The van der Waals surface area contributed by atoms with Gasteiger partial charge in [-0.15, -0.1) is 0 Å². The second-order valence-electron chi connectivity index (χ2n) is 11.7. The Hall–Kier alpha value is -4.84. The molecule has 3 heterocycles. The molecule has 0 N–H and O–H groups in total. The van der Waals surface area contributed by atoms with Crippen molar-refractivity contribution in [2.75, 3.05) is 30.5 Å². The lowest BCUT2D eigenvalue weighted by Gasteiger charge is -2.35. The minimum atomic E-state index is -4.67. The maximum absolute atomic E-state index is 14.6. The van der Waals surface area contributed by atoms with Gasteiger partial charge in [0.1, 0.15) is 17.8 Å². The number of nitrogens with zero attached hydrogens (tertiary/aromatic N) is 5. The number of benzene rings is 3. The van der Waals surface area contributed by atoms with Crippen molar-refractivity contribution in [2.24, 2.45) is 0 Å². The Morgan fingerprint density at radius 1 is 0.820 bits per heavy atom. The number of sulfonamides is 1. The number of alkyl halides is 3. The van der Waals surface area contributed by atoms with Crippen LogP contribution in [0.5, 0.6) is 0 Å². The SMILES string of the molecule is N#Cc1cccc(S(=O)(=O)N2c3ccc(C(=O)N4CCN(C(=O)CC(F)(F)F)CC4)c(=O)n3[C@@H](c3ccc(Cl)cc3)[C@H]2c2ccc(Cl)cc2)c1. The van der Waals surface area contributed by atoms with Crippen LogP contribution in [0.2, 0.25) is 10.0 Å². The number of rotatable bonds is 6. The first-order valence-corrected chi connectivity index (χ1v) is 17.3. The largest absolute Gasteiger partial charge is 0.397 e. The van der Waals surface area contributed by atoms with Gasteiger partial charge in [0.25, 0.3) is 21.5 Å². The summed E-state index contributed by atoms with van der Waals surface area (Å²) in [6.45, 7) is -0.555. The Bertz CT molecular complexity index is 2180. The van der Waals surface area contributed by atoms with Crippen molar-refractivity contribution in [2.45, 2.75) is 29.6 Å². The smallest absolute Gasteiger partial charge is 0.339 e. The lowest BCUT2D eigenvalue weighted by atomic mass is 9.94. The fourth-order valence-corrected chi connectivity index (χ4v) is 8.20. The molecule has 0 radical (unpaired) electrons. The van der Waals surface area contributed by atoms with Crippen LogP contribution in [-0.4, -0.2) is 67.0 Å². The van der Waals surface area contributed by atoms with E-state index in [0.717, 1.165) is 9.21 Å². The maximum atomic E-state index is 14.6. The molecule has 6 rings (SSSR count). The van der Waals surface area contributed by atoms with Crippen LogP contribution in [0.25, 0.3) is 0 Å². The Morgan fingerprint density at radius 2 is 1.38 bits per heavy atom. The van der Waals surface area contributed by atoms with Gasteiger partial charge in [0, 0.05) is 36.2 Å². The first-order valence-electron chi connectivity index (χ1n) is 15.1. The summed E-state index contributed by atoms with van der Waals surface area (Å²) < 4.78 is 69.8. The molecule has 50 heavy (non-hydrogen) atoms. The van der Waals surface area contributed by atoms with Crippen LogP contribution < -0.4 is 9.86 Å². The first-order chi connectivity index (χ1) is 23.7. The molecule has 0 saturated carbocycles. The average molecular weight is 745 g/mol. The zero-order chi connectivity index (χ0) is 36.0. The van der Waals surface area contributed by atoms with Crippen molar-refractivity contribution >= 4 is 50.9 Å². The number of halogens is 5. The summed E-state index contributed by atoms with van der Waals surface area (Å²) in [5.41, 5.74) is -0.0671. The van der Waals surface area contributed by atoms with E-state index >= 15 is 0 Å². The van der Waals surface area contributed by atoms with Gasteiger partial charge < -0.3 is 9.80 Å². The molecule has 16 heteroatoms. The van der Waals surface area contributed by atoms with E-state index < -0.39 is 52.1 Å². The number of hydrogen-bond acceptors (Lipinski definition) is 6. The molecule has 1 aromatic heterocycles. The Labute approximate surface area is 294 Å². The molecule has 2 aliphatic rings. The van der Waals surface area contributed by atoms with Gasteiger partial charge in [-0.1, -0.05) is 53.5 Å². The van der Waals surface area contributed by atoms with Crippen LogP contribution in [-0.2, 0) is 14.8 Å². The highest BCUT2D eigenvalue weighted by molar-refractivity contribution is 7.92. The molecule has 0 spiro atoms. The van der Waals surface area contributed by atoms with E-state index in [-0.39, 0.29) is 48.0 Å². The number of aromatic nitrogens is 1. The van der Waals surface area contributed by atoms with E-state index in [1.165, 1.54) is 45.9 Å². The standard InChI is InChI=1S/C34H26Cl2F3N5O5S/c35-24-8-4-22(5-9-24)30-31(23-6-10-25(36)11-7-23)44(50(48,49)26-3-1-2-21(18-26)20-40)28-13-12-27(33(47)43(28)30)32(46)42-16-14-41(15-17-42)29(45)19-34(37,38)39/h1-13,18,30-31H,14-17,19H2/t30-,31+/m0/s1. The van der Waals surface area contributed by atoms with Gasteiger partial charge in [-0.25, -0.2) is 12.7 Å². The lowest BCUT2D eigenvalue weighted by Crippen LogP contribution is -2.52. The van der Waals surface area contributed by atoms with Gasteiger partial charge >= 0.3 is 6.18 Å². The van der Waals surface area contributed by atoms with Crippen LogP contribution >= 0.6 is 23.2 Å². The molecule has 1 fully saturated rings. The third-order valence-electron chi connectivity index (χ3n) is 8.60. The van der Waals surface area contributed by atoms with Gasteiger partial charge in [0.05, 0.1) is 28.6 Å². The van der Waals surface area contributed by atoms with E-state index in [1.807, 2.05) is 6.07 Å². The predicted octanol–water partition coefficient (Wildman–Crippen LogP) is 5.80. The monoisotopic (exact) mass is 743 g/mol. The highest BCUT2D eigenvalue weighted by Crippen LogP contribution is 2.49. The molecule has 4 aromatic rings. The van der Waals surface area contributed by atoms with Crippen molar-refractivity contribution < 1.29 is 31.2 Å². The second kappa shape index (κ2) is 13.5. The third-order valence-corrected chi connectivity index (χ3v) is 10.9. The topological polar surface area (TPSA) is 124 Å². The van der Waals surface area contributed by atoms with Crippen LogP contribution in [0.3, 0.4) is 0 Å². The molecule has 258 valence electrons. The lowest BCUT2D eigenvalue weighted by molar-refractivity contribution is -0.162. The molecule has 2 aliphatic heterocycles. The Kier molecular flexibility index (Phi) is 9.43. The predicted molar refractivity (Wildman–Crippen MR) is 178 cm³/mol. The molecule has 2 atom stereocenters. The molecular formula is C34H26Cl2F3N5O5S. The summed E-state index contributed by atoms with van der Waals surface area (Å²) in [6, 6.07) is 20.7. The maximum Gasteiger partial charge on any atom is 0.397 e. The summed E-state index contributed by atoms with van der Waals surface area (Å²) in [4.78, 5) is 42.5. The zero-order valence-electron chi connectivity index (χ0n) is 25.8. The van der Waals surface area contributed by atoms with E-state index in [0.29, 0.717) is 21.2 Å². The van der Waals surface area contributed by atoms with Gasteiger partial charge in [0.15, 0.2) is 0 Å². The van der Waals surface area contributed by atoms with Gasteiger partial charge in [0.2, 0.25) is 5.91 Å². The van der Waals surface area contributed by atoms with Gasteiger partial charge in [-0.05, 0) is 65.7 Å². The third kappa shape index (κ3) is 6.68. The first kappa shape index (κ1) is 35.0. The minimum absolute atomic E-state index is 0.0589. The fraction of sp³-hybridized carbons (Fsp3) is 0.235. The van der Waals surface area contributed by atoms with E-state index in [2.05, 4.69) is 0 Å². The Balaban J connectivity index is 1.48. The molecule has 2 amide bonds. The fourth-order valence-electron chi connectivity index (χ4n) is 6.26. The van der Waals surface area contributed by atoms with Crippen molar-refractivity contribution in [3.05, 3.63) is 128 Å². The zero-order valence-corrected chi connectivity index (χ0v) is 28.2. The molecular weight excluding hydrogens is 718 g/mol. The molecule has 3 aromatic carbocycles. The molecule has 1 saturated heterocycles. The number of carbonyl (C=O) groups is 2. The van der Waals surface area contributed by atoms with E-state index in [9.17, 15) is 41.2 Å². The number of fused-ring (bicyclic) bond motifs is 1. The second-order valence-corrected chi connectivity index (χ2v) is 14.4. The summed E-state index contributed by atoms with van der Waals surface area (Å²) in [5.74, 6) is -1.90. The highest BCUT2D eigenvalue weighted by atomic mass is 35.5. The summed E-state index contributed by atoms with van der Waals surface area (Å²) in [6.07, 6.45) is -6.29. The summed E-state index contributed by atoms with van der Waals surface area (Å²) >= 11 is 12.4. The van der Waals surface area contributed by atoms with Crippen LogP contribution in [0, 0.1) is 11.3 Å². The van der Waals surface area contributed by atoms with Crippen LogP contribution in [0.1, 0.15) is 45.6 Å². The number of nitriles is 1. The number of pyridine rings is 1. The van der Waals surface area contributed by atoms with Crippen LogP contribution in [0.4, 0.5) is 19.0 Å². The number of hydrogen-bond donors (Lipinski definition) is 0. The summed E-state index contributed by atoms with van der Waals surface area (Å²) in [5, 5.41) is 10.3. The number of amides is 2. The number of anilines is 1. The van der Waals surface area contributed by atoms with E-state index in [4.69, 9.17) is 23.2 Å². The van der Waals surface area contributed by atoms with Crippen molar-refractivity contribution in [1.82, 2.24) is 14.4 Å². The van der Waals surface area contributed by atoms with Crippen molar-refractivity contribution in [1.29, 1.82) is 5.26 Å². The molecule has 0 unspecified atom stereocenters. The van der Waals surface area contributed by atoms with Gasteiger partial charge in [-0.3, -0.25) is 19.0 Å². The summed E-state index contributed by atoms with van der Waals surface area (Å²) in [7, 11) is -4.49. The quantitative estimate of drug-likeness (QED) is 0.246. The normalized spacial score (nSPS) is 17.7. The van der Waals surface area contributed by atoms with E-state index in [1.54, 1.807) is 48.5 Å². The molecule has 10 nitrogen and oxygen atoms in total. The Morgan fingerprint density at radius 3 is 1.94 bits per heavy atom. The van der Waals surface area contributed by atoms with Crippen molar-refractivity contribution in [3.8, 4) is 6.07 Å².